The third-order valence-electron chi connectivity index (χ3n) is 4.29. The molecule has 0 saturated heterocycles. The standard InChI is InChI=1S/C20H23O2/c1-4-21-20(3,22-5-2)14-19-17-12-8-6-10-15(17)16-11-7-9-13-18(16)19/h6-13,19H,3-5,14H2,1-2H3. The highest BCUT2D eigenvalue weighted by Gasteiger charge is 2.36. The first kappa shape index (κ1) is 15.3. The zero-order valence-electron chi connectivity index (χ0n) is 13.3. The molecule has 115 valence electrons. The average molecular weight is 295 g/mol. The fraction of sp³-hybridized carbons (Fsp3) is 0.350. The first-order chi connectivity index (χ1) is 10.7. The van der Waals surface area contributed by atoms with Gasteiger partial charge >= 0.3 is 0 Å². The molecule has 0 amide bonds. The van der Waals surface area contributed by atoms with Gasteiger partial charge in [0.05, 0.1) is 0 Å². The van der Waals surface area contributed by atoms with Crippen molar-refractivity contribution in [1.29, 1.82) is 0 Å². The summed E-state index contributed by atoms with van der Waals surface area (Å²) >= 11 is 0. The molecule has 1 aliphatic carbocycles. The molecule has 0 saturated carbocycles. The van der Waals surface area contributed by atoms with E-state index in [9.17, 15) is 0 Å². The molecule has 0 atom stereocenters. The van der Waals surface area contributed by atoms with E-state index in [0.717, 1.165) is 6.42 Å². The van der Waals surface area contributed by atoms with Gasteiger partial charge in [-0.15, -0.1) is 0 Å². The van der Waals surface area contributed by atoms with Crippen LogP contribution >= 0.6 is 0 Å². The lowest BCUT2D eigenvalue weighted by molar-refractivity contribution is -0.206. The van der Waals surface area contributed by atoms with Crippen molar-refractivity contribution in [1.82, 2.24) is 0 Å². The Bertz CT molecular complexity index is 596. The predicted molar refractivity (Wildman–Crippen MR) is 89.7 cm³/mol. The second kappa shape index (κ2) is 6.23. The smallest absolute Gasteiger partial charge is 0.169 e. The molecular weight excluding hydrogens is 272 g/mol. The summed E-state index contributed by atoms with van der Waals surface area (Å²) in [6.07, 6.45) is 0.725. The number of benzene rings is 2. The van der Waals surface area contributed by atoms with Crippen molar-refractivity contribution >= 4 is 0 Å². The third kappa shape index (κ3) is 2.69. The Morgan fingerprint density at radius 1 is 0.864 bits per heavy atom. The first-order valence-corrected chi connectivity index (χ1v) is 8.00. The average Bonchev–Trinajstić information content (AvgIpc) is 2.83. The van der Waals surface area contributed by atoms with Gasteiger partial charge in [0.2, 0.25) is 0 Å². The van der Waals surface area contributed by atoms with Gasteiger partial charge in [-0.2, -0.15) is 0 Å². The van der Waals surface area contributed by atoms with Crippen LogP contribution < -0.4 is 0 Å². The first-order valence-electron chi connectivity index (χ1n) is 8.00. The SMILES string of the molecule is [CH2]C(CC1c2ccccc2-c2ccccc21)(OCC)OCC. The zero-order valence-corrected chi connectivity index (χ0v) is 13.3. The summed E-state index contributed by atoms with van der Waals surface area (Å²) in [6.45, 7) is 9.37. The highest BCUT2D eigenvalue weighted by Crippen LogP contribution is 2.48. The second-order valence-corrected chi connectivity index (χ2v) is 5.71. The van der Waals surface area contributed by atoms with E-state index in [1.54, 1.807) is 0 Å². The van der Waals surface area contributed by atoms with Gasteiger partial charge in [-0.25, -0.2) is 0 Å². The van der Waals surface area contributed by atoms with E-state index < -0.39 is 5.79 Å². The topological polar surface area (TPSA) is 18.5 Å². The maximum atomic E-state index is 5.83. The van der Waals surface area contributed by atoms with Gasteiger partial charge in [0, 0.05) is 32.5 Å². The van der Waals surface area contributed by atoms with Crippen LogP contribution in [0.5, 0.6) is 0 Å². The molecule has 0 spiro atoms. The Hall–Kier alpha value is -1.64. The van der Waals surface area contributed by atoms with Crippen molar-refractivity contribution in [3.05, 3.63) is 66.6 Å². The van der Waals surface area contributed by atoms with Crippen molar-refractivity contribution in [2.75, 3.05) is 13.2 Å². The Kier molecular flexibility index (Phi) is 4.32. The molecule has 0 N–H and O–H groups in total. The molecule has 0 unspecified atom stereocenters. The molecule has 1 radical (unpaired) electrons. The van der Waals surface area contributed by atoms with Crippen molar-refractivity contribution in [2.45, 2.75) is 32.0 Å². The maximum absolute atomic E-state index is 5.83. The third-order valence-corrected chi connectivity index (χ3v) is 4.29. The molecule has 3 rings (SSSR count). The molecule has 0 aliphatic heterocycles. The Morgan fingerprint density at radius 2 is 1.32 bits per heavy atom. The molecule has 0 aromatic heterocycles. The van der Waals surface area contributed by atoms with E-state index in [0.29, 0.717) is 13.2 Å². The molecule has 2 nitrogen and oxygen atoms in total. The van der Waals surface area contributed by atoms with Crippen molar-refractivity contribution in [3.63, 3.8) is 0 Å². The summed E-state index contributed by atoms with van der Waals surface area (Å²) < 4.78 is 11.7. The fourth-order valence-electron chi connectivity index (χ4n) is 3.48. The quantitative estimate of drug-likeness (QED) is 0.713. The lowest BCUT2D eigenvalue weighted by Crippen LogP contribution is -2.34. The van der Waals surface area contributed by atoms with Gasteiger partial charge in [-0.3, -0.25) is 0 Å². The van der Waals surface area contributed by atoms with Gasteiger partial charge in [-0.05, 0) is 36.1 Å². The summed E-state index contributed by atoms with van der Waals surface area (Å²) in [6, 6.07) is 17.2. The minimum absolute atomic E-state index is 0.267. The van der Waals surface area contributed by atoms with E-state index in [-0.39, 0.29) is 5.92 Å². The second-order valence-electron chi connectivity index (χ2n) is 5.71. The van der Waals surface area contributed by atoms with Crippen LogP contribution in [0, 0.1) is 6.92 Å². The van der Waals surface area contributed by atoms with E-state index in [4.69, 9.17) is 9.47 Å². The van der Waals surface area contributed by atoms with Gasteiger partial charge in [-0.1, -0.05) is 48.5 Å². The summed E-state index contributed by atoms with van der Waals surface area (Å²) in [4.78, 5) is 0. The Labute approximate surface area is 133 Å². The van der Waals surface area contributed by atoms with E-state index in [1.807, 2.05) is 13.8 Å². The Balaban J connectivity index is 2.00. The summed E-state index contributed by atoms with van der Waals surface area (Å²) in [5, 5.41) is 0. The van der Waals surface area contributed by atoms with Crippen molar-refractivity contribution < 1.29 is 9.47 Å². The highest BCUT2D eigenvalue weighted by atomic mass is 16.7. The minimum atomic E-state index is -0.793. The molecule has 2 aromatic carbocycles. The van der Waals surface area contributed by atoms with Gasteiger partial charge in [0.1, 0.15) is 0 Å². The minimum Gasteiger partial charge on any atom is -0.350 e. The van der Waals surface area contributed by atoms with Crippen LogP contribution in [-0.4, -0.2) is 19.0 Å². The summed E-state index contributed by atoms with van der Waals surface area (Å²) in [7, 11) is 0. The lowest BCUT2D eigenvalue weighted by Gasteiger charge is -2.32. The molecule has 2 aromatic rings. The number of ether oxygens (including phenoxy) is 2. The van der Waals surface area contributed by atoms with E-state index in [1.165, 1.54) is 22.3 Å². The molecule has 0 fully saturated rings. The number of rotatable bonds is 6. The number of fused-ring (bicyclic) bond motifs is 3. The van der Waals surface area contributed by atoms with Gasteiger partial charge < -0.3 is 9.47 Å². The summed E-state index contributed by atoms with van der Waals surface area (Å²) in [5.41, 5.74) is 5.32. The molecule has 2 heteroatoms. The normalized spacial score (nSPS) is 14.0. The van der Waals surface area contributed by atoms with Crippen LogP contribution in [0.25, 0.3) is 11.1 Å². The van der Waals surface area contributed by atoms with Crippen LogP contribution in [-0.2, 0) is 9.47 Å². The predicted octanol–water partition coefficient (Wildman–Crippen LogP) is 4.79. The van der Waals surface area contributed by atoms with Crippen LogP contribution in [0.1, 0.15) is 37.3 Å². The van der Waals surface area contributed by atoms with Crippen molar-refractivity contribution in [3.8, 4) is 11.1 Å². The van der Waals surface area contributed by atoms with E-state index >= 15 is 0 Å². The largest absolute Gasteiger partial charge is 0.350 e. The maximum Gasteiger partial charge on any atom is 0.169 e. The molecular formula is C20H23O2. The molecule has 1 aliphatic rings. The lowest BCUT2D eigenvalue weighted by atomic mass is 9.90. The van der Waals surface area contributed by atoms with Gasteiger partial charge in [0.15, 0.2) is 5.79 Å². The number of hydrogen-bond acceptors (Lipinski definition) is 2. The van der Waals surface area contributed by atoms with Crippen LogP contribution in [0.4, 0.5) is 0 Å². The molecule has 0 heterocycles. The fourth-order valence-corrected chi connectivity index (χ4v) is 3.48. The van der Waals surface area contributed by atoms with Gasteiger partial charge in [0.25, 0.3) is 0 Å². The van der Waals surface area contributed by atoms with Crippen LogP contribution in [0.15, 0.2) is 48.5 Å². The highest BCUT2D eigenvalue weighted by molar-refractivity contribution is 5.78. The van der Waals surface area contributed by atoms with Crippen molar-refractivity contribution in [2.24, 2.45) is 0 Å². The van der Waals surface area contributed by atoms with Crippen LogP contribution in [0.3, 0.4) is 0 Å². The monoisotopic (exact) mass is 295 g/mol. The zero-order chi connectivity index (χ0) is 15.6. The molecule has 22 heavy (non-hydrogen) atoms. The molecule has 0 bridgehead atoms. The summed E-state index contributed by atoms with van der Waals surface area (Å²) in [5.74, 6) is -0.526. The number of hydrogen-bond donors (Lipinski definition) is 0. The van der Waals surface area contributed by atoms with E-state index in [2.05, 4.69) is 55.5 Å². The van der Waals surface area contributed by atoms with Crippen LogP contribution in [0.2, 0.25) is 0 Å². The Morgan fingerprint density at radius 3 is 1.77 bits per heavy atom.